The molecule has 1 aliphatic rings. The lowest BCUT2D eigenvalue weighted by atomic mass is 9.90. The van der Waals surface area contributed by atoms with E-state index in [9.17, 15) is 4.79 Å². The van der Waals surface area contributed by atoms with Gasteiger partial charge in [0.25, 0.3) is 0 Å². The van der Waals surface area contributed by atoms with Gasteiger partial charge in [-0.25, -0.2) is 0 Å². The van der Waals surface area contributed by atoms with Crippen LogP contribution in [0.25, 0.3) is 0 Å². The van der Waals surface area contributed by atoms with Crippen LogP contribution < -0.4 is 10.6 Å². The van der Waals surface area contributed by atoms with Gasteiger partial charge in [0.2, 0.25) is 5.91 Å². The van der Waals surface area contributed by atoms with E-state index in [-0.39, 0.29) is 11.3 Å². The summed E-state index contributed by atoms with van der Waals surface area (Å²) in [6.07, 6.45) is 3.55. The van der Waals surface area contributed by atoms with E-state index in [0.717, 1.165) is 13.0 Å². The van der Waals surface area contributed by atoms with Gasteiger partial charge in [-0.05, 0) is 24.7 Å². The molecule has 0 radical (unpaired) electrons. The van der Waals surface area contributed by atoms with Crippen LogP contribution in [0.2, 0.25) is 0 Å². The summed E-state index contributed by atoms with van der Waals surface area (Å²) in [6, 6.07) is 0.611. The fourth-order valence-corrected chi connectivity index (χ4v) is 1.05. The van der Waals surface area contributed by atoms with Crippen LogP contribution in [0.1, 0.15) is 40.0 Å². The van der Waals surface area contributed by atoms with Crippen molar-refractivity contribution >= 4 is 5.91 Å². The summed E-state index contributed by atoms with van der Waals surface area (Å²) in [4.78, 5) is 11.4. The highest BCUT2D eigenvalue weighted by Gasteiger charge is 2.21. The molecule has 14 heavy (non-hydrogen) atoms. The van der Waals surface area contributed by atoms with Crippen molar-refractivity contribution in [2.45, 2.75) is 46.1 Å². The SMILES string of the molecule is CCC(C)(C)CNC(=O)CNC1CC1. The van der Waals surface area contributed by atoms with Crippen LogP contribution in [0.5, 0.6) is 0 Å². The van der Waals surface area contributed by atoms with E-state index in [1.54, 1.807) is 0 Å². The lowest BCUT2D eigenvalue weighted by Crippen LogP contribution is -2.39. The minimum absolute atomic E-state index is 0.124. The van der Waals surface area contributed by atoms with Crippen LogP contribution in [0.4, 0.5) is 0 Å². The Balaban J connectivity index is 2.07. The number of carbonyl (C=O) groups excluding carboxylic acids is 1. The minimum atomic E-state index is 0.124. The quantitative estimate of drug-likeness (QED) is 0.675. The molecule has 3 nitrogen and oxygen atoms in total. The van der Waals surface area contributed by atoms with Crippen molar-refractivity contribution in [1.29, 1.82) is 0 Å². The molecule has 1 aliphatic carbocycles. The standard InChI is InChI=1S/C11H22N2O/c1-4-11(2,3)8-13-10(14)7-12-9-5-6-9/h9,12H,4-8H2,1-3H3,(H,13,14). The lowest BCUT2D eigenvalue weighted by Gasteiger charge is -2.22. The van der Waals surface area contributed by atoms with Gasteiger partial charge < -0.3 is 10.6 Å². The van der Waals surface area contributed by atoms with Crippen molar-refractivity contribution in [1.82, 2.24) is 10.6 Å². The molecule has 1 rings (SSSR count). The van der Waals surface area contributed by atoms with Gasteiger partial charge in [0, 0.05) is 12.6 Å². The van der Waals surface area contributed by atoms with Crippen molar-refractivity contribution in [3.8, 4) is 0 Å². The van der Waals surface area contributed by atoms with Crippen molar-refractivity contribution in [2.24, 2.45) is 5.41 Å². The Morgan fingerprint density at radius 1 is 1.43 bits per heavy atom. The van der Waals surface area contributed by atoms with E-state index in [2.05, 4.69) is 31.4 Å². The molecule has 1 amide bonds. The second-order valence-corrected chi connectivity index (χ2v) is 4.95. The largest absolute Gasteiger partial charge is 0.354 e. The second kappa shape index (κ2) is 4.78. The maximum absolute atomic E-state index is 11.4. The zero-order chi connectivity index (χ0) is 10.6. The topological polar surface area (TPSA) is 41.1 Å². The van der Waals surface area contributed by atoms with Gasteiger partial charge in [-0.2, -0.15) is 0 Å². The summed E-state index contributed by atoms with van der Waals surface area (Å²) in [5.74, 6) is 0.124. The Hall–Kier alpha value is -0.570. The molecule has 0 heterocycles. The van der Waals surface area contributed by atoms with E-state index in [0.29, 0.717) is 12.6 Å². The van der Waals surface area contributed by atoms with E-state index in [1.165, 1.54) is 12.8 Å². The number of hydrogen-bond acceptors (Lipinski definition) is 2. The van der Waals surface area contributed by atoms with Gasteiger partial charge in [0.05, 0.1) is 6.54 Å². The first-order valence-corrected chi connectivity index (χ1v) is 5.53. The van der Waals surface area contributed by atoms with Crippen LogP contribution in [0.15, 0.2) is 0 Å². The normalized spacial score (nSPS) is 16.8. The van der Waals surface area contributed by atoms with Crippen molar-refractivity contribution in [3.05, 3.63) is 0 Å². The van der Waals surface area contributed by atoms with E-state index in [1.807, 2.05) is 0 Å². The third-order valence-corrected chi connectivity index (χ3v) is 2.85. The number of amides is 1. The smallest absolute Gasteiger partial charge is 0.233 e. The summed E-state index contributed by atoms with van der Waals surface area (Å²) in [6.45, 7) is 7.73. The molecule has 0 spiro atoms. The Bertz CT molecular complexity index is 197. The van der Waals surface area contributed by atoms with E-state index >= 15 is 0 Å². The second-order valence-electron chi connectivity index (χ2n) is 4.95. The molecular weight excluding hydrogens is 176 g/mol. The van der Waals surface area contributed by atoms with Crippen LogP contribution >= 0.6 is 0 Å². The summed E-state index contributed by atoms with van der Waals surface area (Å²) in [5.41, 5.74) is 0.218. The fourth-order valence-electron chi connectivity index (χ4n) is 1.05. The van der Waals surface area contributed by atoms with Crippen molar-refractivity contribution in [2.75, 3.05) is 13.1 Å². The van der Waals surface area contributed by atoms with Crippen molar-refractivity contribution in [3.63, 3.8) is 0 Å². The first-order chi connectivity index (χ1) is 6.53. The van der Waals surface area contributed by atoms with Gasteiger partial charge in [-0.3, -0.25) is 4.79 Å². The summed E-state index contributed by atoms with van der Waals surface area (Å²) < 4.78 is 0. The molecule has 82 valence electrons. The molecule has 1 fully saturated rings. The van der Waals surface area contributed by atoms with Crippen LogP contribution in [-0.4, -0.2) is 25.0 Å². The summed E-state index contributed by atoms with van der Waals surface area (Å²) in [7, 11) is 0. The molecule has 2 N–H and O–H groups in total. The first-order valence-electron chi connectivity index (χ1n) is 5.53. The molecule has 0 aliphatic heterocycles. The van der Waals surface area contributed by atoms with Gasteiger partial charge in [0.15, 0.2) is 0 Å². The Morgan fingerprint density at radius 3 is 2.57 bits per heavy atom. The molecule has 3 heteroatoms. The van der Waals surface area contributed by atoms with Crippen molar-refractivity contribution < 1.29 is 4.79 Å². The van der Waals surface area contributed by atoms with Crippen LogP contribution in [0.3, 0.4) is 0 Å². The average molecular weight is 198 g/mol. The molecule has 1 saturated carbocycles. The lowest BCUT2D eigenvalue weighted by molar-refractivity contribution is -0.120. The molecule has 0 atom stereocenters. The maximum atomic E-state index is 11.4. The molecule has 0 unspecified atom stereocenters. The third kappa shape index (κ3) is 4.61. The van der Waals surface area contributed by atoms with Gasteiger partial charge in [0.1, 0.15) is 0 Å². The van der Waals surface area contributed by atoms with Crippen LogP contribution in [-0.2, 0) is 4.79 Å². The molecule has 0 saturated heterocycles. The van der Waals surface area contributed by atoms with Gasteiger partial charge in [-0.15, -0.1) is 0 Å². The Labute approximate surface area is 86.6 Å². The van der Waals surface area contributed by atoms with E-state index < -0.39 is 0 Å². The van der Waals surface area contributed by atoms with Crippen LogP contribution in [0, 0.1) is 5.41 Å². The maximum Gasteiger partial charge on any atom is 0.233 e. The fraction of sp³-hybridized carbons (Fsp3) is 0.909. The monoisotopic (exact) mass is 198 g/mol. The predicted molar refractivity (Wildman–Crippen MR) is 58.1 cm³/mol. The highest BCUT2D eigenvalue weighted by molar-refractivity contribution is 5.78. The number of nitrogens with one attached hydrogen (secondary N) is 2. The zero-order valence-electron chi connectivity index (χ0n) is 9.52. The average Bonchev–Trinajstić information content (AvgIpc) is 2.95. The number of carbonyl (C=O) groups is 1. The van der Waals surface area contributed by atoms with Gasteiger partial charge >= 0.3 is 0 Å². The first kappa shape index (κ1) is 11.5. The number of hydrogen-bond donors (Lipinski definition) is 2. The summed E-state index contributed by atoms with van der Waals surface area (Å²) in [5, 5.41) is 6.15. The predicted octanol–water partition coefficient (Wildman–Crippen LogP) is 1.29. The highest BCUT2D eigenvalue weighted by Crippen LogP contribution is 2.18. The molecule has 0 bridgehead atoms. The molecule has 0 aromatic carbocycles. The summed E-state index contributed by atoms with van der Waals surface area (Å²) >= 11 is 0. The number of rotatable bonds is 6. The molecular formula is C11H22N2O. The Morgan fingerprint density at radius 2 is 2.07 bits per heavy atom. The van der Waals surface area contributed by atoms with Gasteiger partial charge in [-0.1, -0.05) is 20.8 Å². The molecule has 0 aromatic rings. The Kier molecular flexibility index (Phi) is 3.93. The highest BCUT2D eigenvalue weighted by atomic mass is 16.1. The minimum Gasteiger partial charge on any atom is -0.354 e. The van der Waals surface area contributed by atoms with E-state index in [4.69, 9.17) is 0 Å². The third-order valence-electron chi connectivity index (χ3n) is 2.85. The molecule has 0 aromatic heterocycles. The zero-order valence-corrected chi connectivity index (χ0v) is 9.52.